The van der Waals surface area contributed by atoms with Crippen molar-refractivity contribution in [3.05, 3.63) is 0 Å². The van der Waals surface area contributed by atoms with Gasteiger partial charge in [0.2, 0.25) is 0 Å². The minimum Gasteiger partial charge on any atom is -0.462 e. The molecule has 0 aromatic carbocycles. The average Bonchev–Trinajstić information content (AvgIpc) is 3.12. The molecule has 0 aliphatic heterocycles. The van der Waals surface area contributed by atoms with Crippen LogP contribution in [0.15, 0.2) is 0 Å². The zero-order chi connectivity index (χ0) is 38.3. The molecule has 0 fully saturated rings. The standard InChI is InChI=1S/C46H88O6/c1-6-8-9-24-33-38-46(49)52-43(40-51-45(48)37-32-28-23-19-18-21-26-30-35-42(5)7-2)39-50-44(47)36-31-27-22-17-15-13-11-10-12-14-16-20-25-29-34-41(3)4/h41-43H,6-40H2,1-5H3/t42?,43-/m1/s1. The Morgan fingerprint density at radius 3 is 1.10 bits per heavy atom. The summed E-state index contributed by atoms with van der Waals surface area (Å²) in [5, 5.41) is 0. The second-order valence-corrected chi connectivity index (χ2v) is 16.4. The monoisotopic (exact) mass is 737 g/mol. The number of hydrogen-bond acceptors (Lipinski definition) is 6. The predicted molar refractivity (Wildman–Crippen MR) is 220 cm³/mol. The summed E-state index contributed by atoms with van der Waals surface area (Å²) in [5.74, 6) is 0.820. The van der Waals surface area contributed by atoms with Gasteiger partial charge in [0, 0.05) is 19.3 Å². The highest BCUT2D eigenvalue weighted by Crippen LogP contribution is 2.17. The molecule has 0 aromatic rings. The van der Waals surface area contributed by atoms with Gasteiger partial charge in [0.15, 0.2) is 6.10 Å². The highest BCUT2D eigenvalue weighted by Gasteiger charge is 2.19. The molecule has 1 unspecified atom stereocenters. The molecule has 0 aromatic heterocycles. The minimum atomic E-state index is -0.758. The summed E-state index contributed by atoms with van der Waals surface area (Å²) in [5.41, 5.74) is 0. The van der Waals surface area contributed by atoms with Crippen LogP contribution in [0.3, 0.4) is 0 Å². The molecule has 0 aliphatic carbocycles. The summed E-state index contributed by atoms with van der Waals surface area (Å²) in [4.78, 5) is 37.4. The van der Waals surface area contributed by atoms with Gasteiger partial charge in [-0.25, -0.2) is 0 Å². The molecule has 0 radical (unpaired) electrons. The van der Waals surface area contributed by atoms with Crippen molar-refractivity contribution in [3.63, 3.8) is 0 Å². The van der Waals surface area contributed by atoms with Gasteiger partial charge in [0.25, 0.3) is 0 Å². The molecular formula is C46H88O6. The number of esters is 3. The fraction of sp³-hybridized carbons (Fsp3) is 0.935. The maximum Gasteiger partial charge on any atom is 0.306 e. The molecule has 0 amide bonds. The number of carbonyl (C=O) groups excluding carboxylic acids is 3. The van der Waals surface area contributed by atoms with E-state index >= 15 is 0 Å². The third-order valence-corrected chi connectivity index (χ3v) is 10.6. The van der Waals surface area contributed by atoms with E-state index in [-0.39, 0.29) is 31.1 Å². The number of hydrogen-bond donors (Lipinski definition) is 0. The second kappa shape index (κ2) is 39.1. The van der Waals surface area contributed by atoms with Crippen LogP contribution in [0.5, 0.6) is 0 Å². The largest absolute Gasteiger partial charge is 0.462 e. The summed E-state index contributed by atoms with van der Waals surface area (Å²) in [6.45, 7) is 11.3. The van der Waals surface area contributed by atoms with Crippen molar-refractivity contribution in [1.29, 1.82) is 0 Å². The molecule has 0 bridgehead atoms. The van der Waals surface area contributed by atoms with Gasteiger partial charge in [0.1, 0.15) is 13.2 Å². The van der Waals surface area contributed by atoms with Crippen molar-refractivity contribution in [2.24, 2.45) is 11.8 Å². The molecule has 0 spiro atoms. The number of carbonyl (C=O) groups is 3. The van der Waals surface area contributed by atoms with Gasteiger partial charge in [-0.1, -0.05) is 208 Å². The normalized spacial score (nSPS) is 12.6. The van der Waals surface area contributed by atoms with E-state index in [0.29, 0.717) is 19.3 Å². The van der Waals surface area contributed by atoms with Crippen LogP contribution >= 0.6 is 0 Å². The second-order valence-electron chi connectivity index (χ2n) is 16.4. The van der Waals surface area contributed by atoms with Gasteiger partial charge in [0.05, 0.1) is 0 Å². The highest BCUT2D eigenvalue weighted by atomic mass is 16.6. The van der Waals surface area contributed by atoms with Crippen molar-refractivity contribution >= 4 is 17.9 Å². The van der Waals surface area contributed by atoms with E-state index in [2.05, 4.69) is 34.6 Å². The van der Waals surface area contributed by atoms with Gasteiger partial charge in [-0.15, -0.1) is 0 Å². The van der Waals surface area contributed by atoms with Crippen molar-refractivity contribution in [2.45, 2.75) is 253 Å². The van der Waals surface area contributed by atoms with Crippen molar-refractivity contribution in [1.82, 2.24) is 0 Å². The topological polar surface area (TPSA) is 78.9 Å². The number of rotatable bonds is 40. The van der Waals surface area contributed by atoms with Crippen LogP contribution in [0.4, 0.5) is 0 Å². The van der Waals surface area contributed by atoms with Crippen LogP contribution in [0.25, 0.3) is 0 Å². The van der Waals surface area contributed by atoms with E-state index in [1.165, 1.54) is 128 Å². The smallest absolute Gasteiger partial charge is 0.306 e. The molecular weight excluding hydrogens is 649 g/mol. The third-order valence-electron chi connectivity index (χ3n) is 10.6. The van der Waals surface area contributed by atoms with Crippen molar-refractivity contribution in [3.8, 4) is 0 Å². The van der Waals surface area contributed by atoms with E-state index in [0.717, 1.165) is 76.0 Å². The Bertz CT molecular complexity index is 796. The lowest BCUT2D eigenvalue weighted by Crippen LogP contribution is -2.30. The SMILES string of the molecule is CCCCCCCC(=O)O[C@H](COC(=O)CCCCCCCCCCCCCCCCC(C)C)COC(=O)CCCCCCCCCCC(C)CC. The zero-order valence-corrected chi connectivity index (χ0v) is 35.4. The van der Waals surface area contributed by atoms with Gasteiger partial charge in [-0.3, -0.25) is 14.4 Å². The van der Waals surface area contributed by atoms with Crippen molar-refractivity contribution in [2.75, 3.05) is 13.2 Å². The number of ether oxygens (including phenoxy) is 3. The van der Waals surface area contributed by atoms with Crippen LogP contribution in [0.2, 0.25) is 0 Å². The van der Waals surface area contributed by atoms with Crippen molar-refractivity contribution < 1.29 is 28.6 Å². The first-order valence-corrected chi connectivity index (χ1v) is 22.8. The number of unbranched alkanes of at least 4 members (excludes halogenated alkanes) is 24. The molecule has 0 aliphatic rings. The van der Waals surface area contributed by atoms with E-state index in [4.69, 9.17) is 14.2 Å². The quantitative estimate of drug-likeness (QED) is 0.0354. The first-order valence-electron chi connectivity index (χ1n) is 22.8. The summed E-state index contributed by atoms with van der Waals surface area (Å²) < 4.78 is 16.6. The molecule has 52 heavy (non-hydrogen) atoms. The minimum absolute atomic E-state index is 0.0663. The molecule has 6 heteroatoms. The summed E-state index contributed by atoms with van der Waals surface area (Å²) in [6.07, 6.45) is 36.9. The van der Waals surface area contributed by atoms with Gasteiger partial charge < -0.3 is 14.2 Å². The Balaban J connectivity index is 4.12. The molecule has 6 nitrogen and oxygen atoms in total. The molecule has 0 saturated carbocycles. The average molecular weight is 737 g/mol. The molecule has 0 rings (SSSR count). The fourth-order valence-corrected chi connectivity index (χ4v) is 6.72. The maximum absolute atomic E-state index is 12.5. The lowest BCUT2D eigenvalue weighted by Gasteiger charge is -2.18. The summed E-state index contributed by atoms with van der Waals surface area (Å²) in [7, 11) is 0. The summed E-state index contributed by atoms with van der Waals surface area (Å²) in [6, 6.07) is 0. The molecule has 0 saturated heterocycles. The first kappa shape index (κ1) is 50.4. The molecule has 2 atom stereocenters. The van der Waals surface area contributed by atoms with Gasteiger partial charge in [-0.2, -0.15) is 0 Å². The van der Waals surface area contributed by atoms with Crippen LogP contribution in [-0.2, 0) is 28.6 Å². The highest BCUT2D eigenvalue weighted by molar-refractivity contribution is 5.71. The maximum atomic E-state index is 12.5. The molecule has 0 N–H and O–H groups in total. The van der Waals surface area contributed by atoms with Crippen LogP contribution < -0.4 is 0 Å². The first-order chi connectivity index (χ1) is 25.3. The van der Waals surface area contributed by atoms with E-state index in [1.807, 2.05) is 0 Å². The Morgan fingerprint density at radius 2 is 0.731 bits per heavy atom. The van der Waals surface area contributed by atoms with Gasteiger partial charge in [-0.05, 0) is 31.1 Å². The van der Waals surface area contributed by atoms with Crippen LogP contribution in [-0.4, -0.2) is 37.2 Å². The lowest BCUT2D eigenvalue weighted by atomic mass is 9.99. The predicted octanol–water partition coefficient (Wildman–Crippen LogP) is 14.2. The zero-order valence-electron chi connectivity index (χ0n) is 35.4. The molecule has 308 valence electrons. The third kappa shape index (κ3) is 38.1. The Hall–Kier alpha value is -1.59. The Kier molecular flexibility index (Phi) is 37.9. The van der Waals surface area contributed by atoms with E-state index in [1.54, 1.807) is 0 Å². The van der Waals surface area contributed by atoms with E-state index < -0.39 is 6.10 Å². The lowest BCUT2D eigenvalue weighted by molar-refractivity contribution is -0.167. The molecule has 0 heterocycles. The van der Waals surface area contributed by atoms with Crippen LogP contribution in [0, 0.1) is 11.8 Å². The Morgan fingerprint density at radius 1 is 0.404 bits per heavy atom. The fourth-order valence-electron chi connectivity index (χ4n) is 6.72. The van der Waals surface area contributed by atoms with E-state index in [9.17, 15) is 14.4 Å². The summed E-state index contributed by atoms with van der Waals surface area (Å²) >= 11 is 0. The van der Waals surface area contributed by atoms with Crippen LogP contribution in [0.1, 0.15) is 247 Å². The Labute approximate surface area is 323 Å². The van der Waals surface area contributed by atoms with Gasteiger partial charge >= 0.3 is 17.9 Å².